The summed E-state index contributed by atoms with van der Waals surface area (Å²) in [7, 11) is 3.30. The minimum absolute atomic E-state index is 0.418. The first-order valence-corrected chi connectivity index (χ1v) is 11.5. The largest absolute Gasteiger partial charge is 0.493 e. The van der Waals surface area contributed by atoms with Crippen LogP contribution in [0.15, 0.2) is 40.9 Å². The third-order valence-corrected chi connectivity index (χ3v) is 6.91. The monoisotopic (exact) mass is 433 g/mol. The molecule has 2 aromatic heterocycles. The Hall–Kier alpha value is -2.99. The average Bonchev–Trinajstić information content (AvgIpc) is 3.38. The van der Waals surface area contributed by atoms with Crippen LogP contribution in [-0.4, -0.2) is 48.9 Å². The fourth-order valence-corrected chi connectivity index (χ4v) is 5.14. The van der Waals surface area contributed by atoms with Crippen LogP contribution in [0.2, 0.25) is 0 Å². The number of nitrogens with one attached hydrogen (secondary N) is 1. The molecule has 168 valence electrons. The summed E-state index contributed by atoms with van der Waals surface area (Å²) in [5.41, 5.74) is 5.82. The molecular weight excluding hydrogens is 402 g/mol. The molecule has 0 unspecified atom stereocenters. The summed E-state index contributed by atoms with van der Waals surface area (Å²) in [5.74, 6) is 1.80. The number of hydrogen-bond acceptors (Lipinski definition) is 5. The molecule has 1 aliphatic heterocycles. The zero-order valence-corrected chi connectivity index (χ0v) is 19.1. The van der Waals surface area contributed by atoms with Crippen molar-refractivity contribution in [2.75, 3.05) is 33.9 Å². The highest BCUT2D eigenvalue weighted by Gasteiger charge is 2.26. The minimum atomic E-state index is 0.418. The number of aryl methyl sites for hydroxylation is 2. The lowest BCUT2D eigenvalue weighted by Crippen LogP contribution is -2.34. The summed E-state index contributed by atoms with van der Waals surface area (Å²) < 4.78 is 16.5. The molecule has 0 atom stereocenters. The van der Waals surface area contributed by atoms with Gasteiger partial charge in [0.25, 0.3) is 0 Å². The van der Waals surface area contributed by atoms with E-state index < -0.39 is 0 Å². The topological polar surface area (TPSA) is 63.5 Å². The number of H-pyrrole nitrogens is 1. The third-order valence-electron chi connectivity index (χ3n) is 6.91. The first-order valence-electron chi connectivity index (χ1n) is 11.5. The molecule has 1 aliphatic rings. The van der Waals surface area contributed by atoms with Gasteiger partial charge >= 0.3 is 0 Å². The molecule has 3 heterocycles. The Bertz CT molecular complexity index is 1220. The molecule has 0 aliphatic carbocycles. The number of piperidine rings is 1. The smallest absolute Gasteiger partial charge is 0.171 e. The maximum atomic E-state index is 5.62. The van der Waals surface area contributed by atoms with Crippen LogP contribution in [0.1, 0.15) is 42.1 Å². The van der Waals surface area contributed by atoms with Gasteiger partial charge in [0, 0.05) is 34.0 Å². The fraction of sp³-hybridized carbons (Fsp3) is 0.423. The van der Waals surface area contributed by atoms with Crippen molar-refractivity contribution in [3.8, 4) is 11.5 Å². The molecule has 0 amide bonds. The van der Waals surface area contributed by atoms with E-state index >= 15 is 0 Å². The lowest BCUT2D eigenvalue weighted by Gasteiger charge is -2.31. The Morgan fingerprint density at radius 1 is 1.06 bits per heavy atom. The standard InChI is InChI=1S/C26H31N3O3/c1-17-19(20-7-4-5-9-22(20)27-17)8-6-12-29-13-10-18(11-14-29)26-21-15-24(30-2)25(31-3)16-23(21)32-28-26/h4-5,7,9,15-16,18,27H,6,8,10-14H2,1-3H3. The molecule has 0 radical (unpaired) electrons. The number of fused-ring (bicyclic) bond motifs is 2. The van der Waals surface area contributed by atoms with Gasteiger partial charge in [-0.05, 0) is 69.9 Å². The zero-order chi connectivity index (χ0) is 22.1. The van der Waals surface area contributed by atoms with Gasteiger partial charge in [0.1, 0.15) is 0 Å². The Kier molecular flexibility index (Phi) is 5.79. The van der Waals surface area contributed by atoms with Gasteiger partial charge in [-0.2, -0.15) is 0 Å². The molecule has 1 fully saturated rings. The van der Waals surface area contributed by atoms with Gasteiger partial charge in [0.05, 0.1) is 19.9 Å². The number of aromatic nitrogens is 2. The first-order chi connectivity index (χ1) is 15.7. The molecule has 6 heteroatoms. The molecule has 0 bridgehead atoms. The Morgan fingerprint density at radius 3 is 2.59 bits per heavy atom. The molecule has 2 aromatic carbocycles. The van der Waals surface area contributed by atoms with Gasteiger partial charge < -0.3 is 23.9 Å². The minimum Gasteiger partial charge on any atom is -0.493 e. The number of aromatic amines is 1. The lowest BCUT2D eigenvalue weighted by molar-refractivity contribution is 0.207. The van der Waals surface area contributed by atoms with E-state index in [0.29, 0.717) is 11.7 Å². The van der Waals surface area contributed by atoms with Crippen molar-refractivity contribution in [2.45, 2.75) is 38.5 Å². The van der Waals surface area contributed by atoms with Crippen LogP contribution in [0.4, 0.5) is 0 Å². The van der Waals surface area contributed by atoms with Crippen LogP contribution in [-0.2, 0) is 6.42 Å². The maximum Gasteiger partial charge on any atom is 0.171 e. The van der Waals surface area contributed by atoms with E-state index in [-0.39, 0.29) is 0 Å². The van der Waals surface area contributed by atoms with Crippen LogP contribution in [0.25, 0.3) is 21.9 Å². The van der Waals surface area contributed by atoms with Crippen molar-refractivity contribution in [1.82, 2.24) is 15.0 Å². The number of hydrogen-bond donors (Lipinski definition) is 1. The van der Waals surface area contributed by atoms with E-state index in [2.05, 4.69) is 46.2 Å². The Labute approximate surface area is 188 Å². The van der Waals surface area contributed by atoms with Crippen LogP contribution in [0.3, 0.4) is 0 Å². The fourth-order valence-electron chi connectivity index (χ4n) is 5.14. The highest BCUT2D eigenvalue weighted by molar-refractivity contribution is 5.85. The number of rotatable bonds is 7. The Balaban J connectivity index is 1.20. The summed E-state index contributed by atoms with van der Waals surface area (Å²) in [5, 5.41) is 6.83. The lowest BCUT2D eigenvalue weighted by atomic mass is 9.91. The van der Waals surface area contributed by atoms with Crippen molar-refractivity contribution in [2.24, 2.45) is 0 Å². The maximum absolute atomic E-state index is 5.62. The van der Waals surface area contributed by atoms with Gasteiger partial charge in [0.15, 0.2) is 17.1 Å². The first kappa shape index (κ1) is 20.9. The SMILES string of the molecule is COc1cc2onc(C3CCN(CCCc4c(C)[nH]c5ccccc45)CC3)c2cc1OC. The van der Waals surface area contributed by atoms with E-state index in [1.165, 1.54) is 28.6 Å². The number of methoxy groups -OCH3 is 2. The van der Waals surface area contributed by atoms with Crippen LogP contribution < -0.4 is 9.47 Å². The number of benzene rings is 2. The average molecular weight is 434 g/mol. The summed E-state index contributed by atoms with van der Waals surface area (Å²) in [6.45, 7) is 5.52. The third kappa shape index (κ3) is 3.84. The van der Waals surface area contributed by atoms with E-state index in [9.17, 15) is 0 Å². The normalized spacial score (nSPS) is 15.6. The predicted octanol–water partition coefficient (Wildman–Crippen LogP) is 5.45. The number of nitrogens with zero attached hydrogens (tertiary/aromatic N) is 2. The molecule has 32 heavy (non-hydrogen) atoms. The van der Waals surface area contributed by atoms with Crippen LogP contribution >= 0.6 is 0 Å². The molecule has 4 aromatic rings. The highest BCUT2D eigenvalue weighted by Crippen LogP contribution is 2.38. The highest BCUT2D eigenvalue weighted by atomic mass is 16.5. The number of likely N-dealkylation sites (tertiary alicyclic amines) is 1. The second-order valence-electron chi connectivity index (χ2n) is 8.76. The Morgan fingerprint density at radius 2 is 1.81 bits per heavy atom. The van der Waals surface area contributed by atoms with Crippen LogP contribution in [0.5, 0.6) is 11.5 Å². The van der Waals surface area contributed by atoms with Gasteiger partial charge in [-0.15, -0.1) is 0 Å². The van der Waals surface area contributed by atoms with Crippen molar-refractivity contribution in [1.29, 1.82) is 0 Å². The molecule has 0 saturated carbocycles. The molecule has 0 spiro atoms. The van der Waals surface area contributed by atoms with Gasteiger partial charge in [-0.25, -0.2) is 0 Å². The van der Waals surface area contributed by atoms with Crippen molar-refractivity contribution >= 4 is 21.9 Å². The van der Waals surface area contributed by atoms with E-state index in [0.717, 1.165) is 61.3 Å². The summed E-state index contributed by atoms with van der Waals surface area (Å²) in [6.07, 6.45) is 4.49. The van der Waals surface area contributed by atoms with E-state index in [1.807, 2.05) is 12.1 Å². The molecule has 6 nitrogen and oxygen atoms in total. The molecule has 1 saturated heterocycles. The van der Waals surface area contributed by atoms with Crippen molar-refractivity contribution in [3.63, 3.8) is 0 Å². The summed E-state index contributed by atoms with van der Waals surface area (Å²) in [6, 6.07) is 12.5. The van der Waals surface area contributed by atoms with Gasteiger partial charge in [0.2, 0.25) is 0 Å². The number of ether oxygens (including phenoxy) is 2. The van der Waals surface area contributed by atoms with Gasteiger partial charge in [-0.3, -0.25) is 0 Å². The van der Waals surface area contributed by atoms with Crippen LogP contribution in [0, 0.1) is 6.92 Å². The molecule has 1 N–H and O–H groups in total. The van der Waals surface area contributed by atoms with Crippen molar-refractivity contribution in [3.05, 3.63) is 53.3 Å². The van der Waals surface area contributed by atoms with E-state index in [1.54, 1.807) is 14.2 Å². The summed E-state index contributed by atoms with van der Waals surface area (Å²) >= 11 is 0. The molecule has 5 rings (SSSR count). The second kappa shape index (κ2) is 8.87. The van der Waals surface area contributed by atoms with E-state index in [4.69, 9.17) is 14.0 Å². The second-order valence-corrected chi connectivity index (χ2v) is 8.76. The summed E-state index contributed by atoms with van der Waals surface area (Å²) in [4.78, 5) is 6.11. The number of para-hydroxylation sites is 1. The molecular formula is C26H31N3O3. The zero-order valence-electron chi connectivity index (χ0n) is 19.1. The van der Waals surface area contributed by atoms with Crippen molar-refractivity contribution < 1.29 is 14.0 Å². The predicted molar refractivity (Wildman–Crippen MR) is 127 cm³/mol. The quantitative estimate of drug-likeness (QED) is 0.420. The van der Waals surface area contributed by atoms with Gasteiger partial charge in [-0.1, -0.05) is 23.4 Å².